The Hall–Kier alpha value is -1.81. The van der Waals surface area contributed by atoms with Crippen molar-refractivity contribution in [3.8, 4) is 5.75 Å². The van der Waals surface area contributed by atoms with Gasteiger partial charge >= 0.3 is 5.97 Å². The van der Waals surface area contributed by atoms with Gasteiger partial charge in [-0.25, -0.2) is 4.79 Å². The zero-order chi connectivity index (χ0) is 12.7. The lowest BCUT2D eigenvalue weighted by Gasteiger charge is -2.12. The second-order valence-corrected chi connectivity index (χ2v) is 3.58. The number of benzene rings is 1. The normalized spacial score (nSPS) is 11.6. The molecule has 4 nitrogen and oxygen atoms in total. The van der Waals surface area contributed by atoms with Gasteiger partial charge in [0.25, 0.3) is 0 Å². The Morgan fingerprint density at radius 2 is 2.06 bits per heavy atom. The summed E-state index contributed by atoms with van der Waals surface area (Å²) in [6.45, 7) is 3.64. The van der Waals surface area contributed by atoms with E-state index in [9.17, 15) is 9.90 Å². The highest BCUT2D eigenvalue weighted by atomic mass is 16.5. The summed E-state index contributed by atoms with van der Waals surface area (Å²) in [5.41, 5.74) is 0.233. The molecule has 0 spiro atoms. The van der Waals surface area contributed by atoms with Crippen LogP contribution in [0.2, 0.25) is 0 Å². The molecule has 0 saturated heterocycles. The monoisotopic (exact) mass is 236 g/mol. The zero-order valence-electron chi connectivity index (χ0n) is 9.76. The summed E-state index contributed by atoms with van der Waals surface area (Å²) in [5.74, 6) is 0.166. The molecule has 92 valence electrons. The summed E-state index contributed by atoms with van der Waals surface area (Å²) in [5, 5.41) is 9.63. The number of para-hydroxylation sites is 1. The molecule has 1 N–H and O–H groups in total. The summed E-state index contributed by atoms with van der Waals surface area (Å²) in [6.07, 6.45) is -0.638. The number of esters is 1. The van der Waals surface area contributed by atoms with Crippen LogP contribution in [0.25, 0.3) is 0 Å². The van der Waals surface area contributed by atoms with Crippen molar-refractivity contribution in [1.29, 1.82) is 0 Å². The number of aliphatic hydroxyl groups is 1. The van der Waals surface area contributed by atoms with Gasteiger partial charge in [0.15, 0.2) is 0 Å². The standard InChI is InChI=1S/C13H16O4/c1-10(13(15)16-2)8-11(14)9-17-12-6-4-3-5-7-12/h3-7,11,14H,1,8-9H2,2H3. The van der Waals surface area contributed by atoms with Crippen LogP contribution < -0.4 is 4.74 Å². The molecule has 1 atom stereocenters. The highest BCUT2D eigenvalue weighted by Crippen LogP contribution is 2.11. The average Bonchev–Trinajstić information content (AvgIpc) is 2.36. The molecule has 1 aromatic carbocycles. The number of hydrogen-bond acceptors (Lipinski definition) is 4. The van der Waals surface area contributed by atoms with E-state index >= 15 is 0 Å². The first kappa shape index (κ1) is 13.3. The molecule has 1 rings (SSSR count). The molecular weight excluding hydrogens is 220 g/mol. The lowest BCUT2D eigenvalue weighted by Crippen LogP contribution is -2.20. The van der Waals surface area contributed by atoms with Crippen molar-refractivity contribution in [3.63, 3.8) is 0 Å². The van der Waals surface area contributed by atoms with E-state index in [1.165, 1.54) is 7.11 Å². The Labute approximate surface area is 100 Å². The van der Waals surface area contributed by atoms with Crippen LogP contribution in [0.1, 0.15) is 6.42 Å². The summed E-state index contributed by atoms with van der Waals surface area (Å²) < 4.78 is 9.82. The van der Waals surface area contributed by atoms with Gasteiger partial charge in [-0.1, -0.05) is 24.8 Å². The maximum absolute atomic E-state index is 11.0. The first-order valence-corrected chi connectivity index (χ1v) is 5.25. The molecule has 1 aromatic rings. The third-order valence-electron chi connectivity index (χ3n) is 2.14. The number of methoxy groups -OCH3 is 1. The largest absolute Gasteiger partial charge is 0.491 e. The Kier molecular flexibility index (Phi) is 5.23. The van der Waals surface area contributed by atoms with Crippen LogP contribution in [0, 0.1) is 0 Å². The molecule has 0 radical (unpaired) electrons. The maximum Gasteiger partial charge on any atom is 0.333 e. The van der Waals surface area contributed by atoms with E-state index in [4.69, 9.17) is 4.74 Å². The van der Waals surface area contributed by atoms with Crippen LogP contribution in [-0.2, 0) is 9.53 Å². The van der Waals surface area contributed by atoms with E-state index in [0.29, 0.717) is 5.75 Å². The first-order chi connectivity index (χ1) is 8.13. The topological polar surface area (TPSA) is 55.8 Å². The van der Waals surface area contributed by atoms with Crippen LogP contribution in [0.15, 0.2) is 42.5 Å². The van der Waals surface area contributed by atoms with Crippen LogP contribution in [0.4, 0.5) is 0 Å². The molecule has 0 aliphatic heterocycles. The number of carbonyl (C=O) groups excluding carboxylic acids is 1. The van der Waals surface area contributed by atoms with E-state index in [1.54, 1.807) is 12.1 Å². The second-order valence-electron chi connectivity index (χ2n) is 3.58. The van der Waals surface area contributed by atoms with E-state index in [1.807, 2.05) is 18.2 Å². The van der Waals surface area contributed by atoms with E-state index < -0.39 is 12.1 Å². The minimum atomic E-state index is -0.776. The van der Waals surface area contributed by atoms with Crippen molar-refractivity contribution in [2.75, 3.05) is 13.7 Å². The Morgan fingerprint density at radius 3 is 2.65 bits per heavy atom. The van der Waals surface area contributed by atoms with Gasteiger partial charge in [-0.05, 0) is 12.1 Å². The summed E-state index contributed by atoms with van der Waals surface area (Å²) >= 11 is 0. The van der Waals surface area contributed by atoms with Crippen LogP contribution in [-0.4, -0.2) is 30.9 Å². The number of rotatable bonds is 6. The maximum atomic E-state index is 11.0. The predicted octanol–water partition coefficient (Wildman–Crippen LogP) is 1.55. The van der Waals surface area contributed by atoms with E-state index in [-0.39, 0.29) is 18.6 Å². The van der Waals surface area contributed by atoms with E-state index in [0.717, 1.165) is 0 Å². The van der Waals surface area contributed by atoms with Crippen molar-refractivity contribution in [2.45, 2.75) is 12.5 Å². The van der Waals surface area contributed by atoms with Gasteiger partial charge < -0.3 is 14.6 Å². The fourth-order valence-electron chi connectivity index (χ4n) is 1.28. The summed E-state index contributed by atoms with van der Waals surface area (Å²) in [4.78, 5) is 11.0. The quantitative estimate of drug-likeness (QED) is 0.601. The Morgan fingerprint density at radius 1 is 1.41 bits per heavy atom. The summed E-state index contributed by atoms with van der Waals surface area (Å²) in [6, 6.07) is 9.15. The Bertz CT molecular complexity index is 372. The average molecular weight is 236 g/mol. The highest BCUT2D eigenvalue weighted by molar-refractivity contribution is 5.87. The Balaban J connectivity index is 2.33. The van der Waals surface area contributed by atoms with Crippen molar-refractivity contribution >= 4 is 5.97 Å². The number of ether oxygens (including phenoxy) is 2. The minimum absolute atomic E-state index is 0.111. The summed E-state index contributed by atoms with van der Waals surface area (Å²) in [7, 11) is 1.28. The molecule has 0 bridgehead atoms. The van der Waals surface area contributed by atoms with Gasteiger partial charge in [-0.15, -0.1) is 0 Å². The fourth-order valence-corrected chi connectivity index (χ4v) is 1.28. The van der Waals surface area contributed by atoms with Gasteiger partial charge in [-0.3, -0.25) is 0 Å². The minimum Gasteiger partial charge on any atom is -0.491 e. The zero-order valence-corrected chi connectivity index (χ0v) is 9.76. The van der Waals surface area contributed by atoms with Crippen molar-refractivity contribution < 1.29 is 19.4 Å². The van der Waals surface area contributed by atoms with Crippen molar-refractivity contribution in [2.24, 2.45) is 0 Å². The molecular formula is C13H16O4. The molecule has 0 aromatic heterocycles. The molecule has 4 heteroatoms. The number of aliphatic hydroxyl groups excluding tert-OH is 1. The lowest BCUT2D eigenvalue weighted by atomic mass is 10.1. The second kappa shape index (κ2) is 6.70. The fraction of sp³-hybridized carbons (Fsp3) is 0.308. The smallest absolute Gasteiger partial charge is 0.333 e. The van der Waals surface area contributed by atoms with Crippen molar-refractivity contribution in [1.82, 2.24) is 0 Å². The number of carbonyl (C=O) groups is 1. The lowest BCUT2D eigenvalue weighted by molar-refractivity contribution is -0.136. The molecule has 17 heavy (non-hydrogen) atoms. The van der Waals surface area contributed by atoms with Gasteiger partial charge in [-0.2, -0.15) is 0 Å². The highest BCUT2D eigenvalue weighted by Gasteiger charge is 2.13. The molecule has 0 heterocycles. The predicted molar refractivity (Wildman–Crippen MR) is 63.7 cm³/mol. The molecule has 1 unspecified atom stereocenters. The molecule has 0 aliphatic carbocycles. The van der Waals surface area contributed by atoms with Gasteiger partial charge in [0, 0.05) is 12.0 Å². The van der Waals surface area contributed by atoms with Crippen molar-refractivity contribution in [3.05, 3.63) is 42.5 Å². The van der Waals surface area contributed by atoms with Gasteiger partial charge in [0.2, 0.25) is 0 Å². The van der Waals surface area contributed by atoms with Gasteiger partial charge in [0.1, 0.15) is 12.4 Å². The SMILES string of the molecule is C=C(CC(O)COc1ccccc1)C(=O)OC. The number of hydrogen-bond donors (Lipinski definition) is 1. The van der Waals surface area contributed by atoms with Crippen LogP contribution in [0.5, 0.6) is 5.75 Å². The van der Waals surface area contributed by atoms with Crippen LogP contribution in [0.3, 0.4) is 0 Å². The van der Waals surface area contributed by atoms with Crippen LogP contribution >= 0.6 is 0 Å². The molecule has 0 aliphatic rings. The van der Waals surface area contributed by atoms with E-state index in [2.05, 4.69) is 11.3 Å². The molecule has 0 amide bonds. The van der Waals surface area contributed by atoms with Gasteiger partial charge in [0.05, 0.1) is 13.2 Å². The third-order valence-corrected chi connectivity index (χ3v) is 2.14. The molecule has 0 saturated carbocycles. The molecule has 0 fully saturated rings. The third kappa shape index (κ3) is 4.70. The first-order valence-electron chi connectivity index (χ1n) is 5.25.